The predicted octanol–water partition coefficient (Wildman–Crippen LogP) is 2.77. The summed E-state index contributed by atoms with van der Waals surface area (Å²) in [5, 5.41) is 3.07. The summed E-state index contributed by atoms with van der Waals surface area (Å²) >= 11 is 0. The highest BCUT2D eigenvalue weighted by molar-refractivity contribution is 6.07. The van der Waals surface area contributed by atoms with Crippen LogP contribution in [0, 0.1) is 5.92 Å². The molecule has 0 radical (unpaired) electrons. The van der Waals surface area contributed by atoms with Gasteiger partial charge < -0.3 is 5.32 Å². The lowest BCUT2D eigenvalue weighted by Gasteiger charge is -2.62. The average molecular weight is 321 g/mol. The van der Waals surface area contributed by atoms with Crippen LogP contribution < -0.4 is 5.32 Å². The molecule has 3 amide bonds. The molecule has 23 heavy (non-hydrogen) atoms. The highest BCUT2D eigenvalue weighted by atomic mass is 16.2. The first kappa shape index (κ1) is 18.0. The van der Waals surface area contributed by atoms with E-state index in [1.165, 1.54) is 4.90 Å². The van der Waals surface area contributed by atoms with Crippen molar-refractivity contribution < 1.29 is 9.59 Å². The van der Waals surface area contributed by atoms with Gasteiger partial charge in [-0.15, -0.1) is 6.58 Å². The average Bonchev–Trinajstić information content (AvgIpc) is 2.76. The molecule has 0 aliphatic carbocycles. The Morgan fingerprint density at radius 3 is 2.39 bits per heavy atom. The van der Waals surface area contributed by atoms with Gasteiger partial charge in [-0.1, -0.05) is 26.8 Å². The fourth-order valence-corrected chi connectivity index (χ4v) is 4.57. The molecule has 4 unspecified atom stereocenters. The number of urea groups is 1. The molecule has 1 N–H and O–H groups in total. The SMILES string of the molecule is C=CCN1C(=O)NC2(CC(C)(CC)N(C)C(C)(CC)C2C)C1=O. The van der Waals surface area contributed by atoms with Gasteiger partial charge in [0.25, 0.3) is 5.91 Å². The van der Waals surface area contributed by atoms with Crippen molar-refractivity contribution in [1.82, 2.24) is 15.1 Å². The maximum atomic E-state index is 13.2. The Balaban J connectivity index is 2.55. The number of rotatable bonds is 4. The van der Waals surface area contributed by atoms with E-state index in [1.54, 1.807) is 6.08 Å². The quantitative estimate of drug-likeness (QED) is 0.640. The standard InChI is InChI=1S/C18H31N3O2/c1-8-11-21-14(22)18(19-15(21)23)12-16(5,9-2)20(7)17(6,10-3)13(18)4/h8,13H,1,9-12H2,2-7H3,(H,19,23). The summed E-state index contributed by atoms with van der Waals surface area (Å²) in [6.07, 6.45) is 4.10. The van der Waals surface area contributed by atoms with Crippen LogP contribution in [0.4, 0.5) is 4.79 Å². The molecule has 0 aromatic carbocycles. The Morgan fingerprint density at radius 2 is 1.91 bits per heavy atom. The van der Waals surface area contributed by atoms with E-state index < -0.39 is 5.54 Å². The Labute approximate surface area is 140 Å². The molecule has 0 aromatic rings. The summed E-state index contributed by atoms with van der Waals surface area (Å²) in [7, 11) is 2.15. The first-order valence-electron chi connectivity index (χ1n) is 8.62. The van der Waals surface area contributed by atoms with E-state index in [0.717, 1.165) is 12.8 Å². The van der Waals surface area contributed by atoms with Gasteiger partial charge in [0.15, 0.2) is 0 Å². The fraction of sp³-hybridized carbons (Fsp3) is 0.778. The van der Waals surface area contributed by atoms with Gasteiger partial charge in [0, 0.05) is 23.5 Å². The summed E-state index contributed by atoms with van der Waals surface area (Å²) in [4.78, 5) is 29.3. The number of imide groups is 1. The van der Waals surface area contributed by atoms with Crippen LogP contribution in [0.3, 0.4) is 0 Å². The van der Waals surface area contributed by atoms with Crippen molar-refractivity contribution in [3.05, 3.63) is 12.7 Å². The summed E-state index contributed by atoms with van der Waals surface area (Å²) in [5.41, 5.74) is -1.11. The molecule has 2 fully saturated rings. The van der Waals surface area contributed by atoms with Crippen LogP contribution in [-0.2, 0) is 4.79 Å². The Morgan fingerprint density at radius 1 is 1.30 bits per heavy atom. The molecule has 2 heterocycles. The minimum Gasteiger partial charge on any atom is -0.323 e. The lowest BCUT2D eigenvalue weighted by atomic mass is 9.60. The second-order valence-electron chi connectivity index (χ2n) is 7.62. The topological polar surface area (TPSA) is 52.7 Å². The molecule has 2 rings (SSSR count). The number of hydrogen-bond acceptors (Lipinski definition) is 3. The molecule has 0 bridgehead atoms. The summed E-state index contributed by atoms with van der Waals surface area (Å²) in [6.45, 7) is 14.8. The van der Waals surface area contributed by atoms with Gasteiger partial charge >= 0.3 is 6.03 Å². The third-order valence-electron chi connectivity index (χ3n) is 6.90. The Kier molecular flexibility index (Phi) is 4.39. The Hall–Kier alpha value is -1.36. The molecule has 2 saturated heterocycles. The van der Waals surface area contributed by atoms with Gasteiger partial charge in [0.2, 0.25) is 0 Å². The molecule has 2 aliphatic heterocycles. The van der Waals surface area contributed by atoms with E-state index in [-0.39, 0.29) is 35.5 Å². The predicted molar refractivity (Wildman–Crippen MR) is 92.1 cm³/mol. The van der Waals surface area contributed by atoms with E-state index in [0.29, 0.717) is 6.42 Å². The van der Waals surface area contributed by atoms with Gasteiger partial charge in [0.1, 0.15) is 5.54 Å². The second kappa shape index (κ2) is 5.62. The number of amides is 3. The normalized spacial score (nSPS) is 41.5. The van der Waals surface area contributed by atoms with Crippen molar-refractivity contribution in [3.63, 3.8) is 0 Å². The third kappa shape index (κ3) is 2.24. The van der Waals surface area contributed by atoms with Crippen LogP contribution in [-0.4, -0.2) is 51.9 Å². The number of hydrogen-bond donors (Lipinski definition) is 1. The van der Waals surface area contributed by atoms with Crippen molar-refractivity contribution in [2.45, 2.75) is 70.5 Å². The van der Waals surface area contributed by atoms with E-state index >= 15 is 0 Å². The highest BCUT2D eigenvalue weighted by Gasteiger charge is 2.65. The van der Waals surface area contributed by atoms with Crippen LogP contribution in [0.15, 0.2) is 12.7 Å². The lowest BCUT2D eigenvalue weighted by molar-refractivity contribution is -0.150. The molecule has 0 saturated carbocycles. The van der Waals surface area contributed by atoms with E-state index in [1.807, 2.05) is 0 Å². The zero-order valence-corrected chi connectivity index (χ0v) is 15.4. The van der Waals surface area contributed by atoms with Crippen molar-refractivity contribution >= 4 is 11.9 Å². The zero-order valence-electron chi connectivity index (χ0n) is 15.4. The number of carbonyl (C=O) groups excluding carboxylic acids is 2. The first-order chi connectivity index (χ1) is 10.6. The van der Waals surface area contributed by atoms with Crippen LogP contribution in [0.5, 0.6) is 0 Å². The first-order valence-corrected chi connectivity index (χ1v) is 8.62. The van der Waals surface area contributed by atoms with Gasteiger partial charge in [-0.05, 0) is 40.2 Å². The van der Waals surface area contributed by atoms with Crippen molar-refractivity contribution in [2.24, 2.45) is 5.92 Å². The van der Waals surface area contributed by atoms with E-state index in [9.17, 15) is 9.59 Å². The zero-order chi connectivity index (χ0) is 17.6. The minimum absolute atomic E-state index is 0.0240. The Bertz CT molecular complexity index is 534. The number of piperidine rings is 1. The molecule has 4 atom stereocenters. The van der Waals surface area contributed by atoms with Gasteiger partial charge in [0.05, 0.1) is 0 Å². The molecule has 1 spiro atoms. The minimum atomic E-state index is -0.817. The number of nitrogens with zero attached hydrogens (tertiary/aromatic N) is 2. The lowest BCUT2D eigenvalue weighted by Crippen LogP contribution is -2.74. The summed E-state index contributed by atoms with van der Waals surface area (Å²) in [5.74, 6) is -0.0711. The maximum Gasteiger partial charge on any atom is 0.325 e. The number of carbonyl (C=O) groups is 2. The maximum absolute atomic E-state index is 13.2. The fourth-order valence-electron chi connectivity index (χ4n) is 4.57. The monoisotopic (exact) mass is 321 g/mol. The number of nitrogens with one attached hydrogen (secondary N) is 1. The highest BCUT2D eigenvalue weighted by Crippen LogP contribution is 2.51. The molecular formula is C18H31N3O2. The number of likely N-dealkylation sites (tertiary alicyclic amines) is 1. The van der Waals surface area contributed by atoms with Crippen LogP contribution >= 0.6 is 0 Å². The molecule has 130 valence electrons. The molecule has 2 aliphatic rings. The van der Waals surface area contributed by atoms with Crippen LogP contribution in [0.25, 0.3) is 0 Å². The summed E-state index contributed by atoms with van der Waals surface area (Å²) in [6, 6.07) is -0.289. The smallest absolute Gasteiger partial charge is 0.323 e. The van der Waals surface area contributed by atoms with Gasteiger partial charge in [-0.2, -0.15) is 0 Å². The second-order valence-corrected chi connectivity index (χ2v) is 7.62. The summed E-state index contributed by atoms with van der Waals surface area (Å²) < 4.78 is 0. The van der Waals surface area contributed by atoms with Crippen molar-refractivity contribution in [3.8, 4) is 0 Å². The van der Waals surface area contributed by atoms with E-state index in [4.69, 9.17) is 0 Å². The van der Waals surface area contributed by atoms with Crippen molar-refractivity contribution in [1.29, 1.82) is 0 Å². The largest absolute Gasteiger partial charge is 0.325 e. The molecule has 0 aromatic heterocycles. The van der Waals surface area contributed by atoms with Crippen LogP contribution in [0.1, 0.15) is 53.9 Å². The van der Waals surface area contributed by atoms with Gasteiger partial charge in [-0.25, -0.2) is 4.79 Å². The molecule has 5 heteroatoms. The van der Waals surface area contributed by atoms with E-state index in [2.05, 4.69) is 58.5 Å². The van der Waals surface area contributed by atoms with Crippen molar-refractivity contribution in [2.75, 3.05) is 13.6 Å². The molecule has 5 nitrogen and oxygen atoms in total. The molecular weight excluding hydrogens is 290 g/mol. The van der Waals surface area contributed by atoms with Crippen LogP contribution in [0.2, 0.25) is 0 Å². The van der Waals surface area contributed by atoms with Gasteiger partial charge in [-0.3, -0.25) is 14.6 Å². The third-order valence-corrected chi connectivity index (χ3v) is 6.90.